The summed E-state index contributed by atoms with van der Waals surface area (Å²) in [5.41, 5.74) is 1.44. The molecule has 2 aromatic rings. The third-order valence-electron chi connectivity index (χ3n) is 5.39. The van der Waals surface area contributed by atoms with Gasteiger partial charge in [-0.05, 0) is 47.5 Å². The van der Waals surface area contributed by atoms with Crippen molar-refractivity contribution < 1.29 is 0 Å². The molecule has 2 aromatic heterocycles. The van der Waals surface area contributed by atoms with E-state index in [1.807, 2.05) is 18.7 Å². The van der Waals surface area contributed by atoms with E-state index in [0.717, 1.165) is 12.8 Å². The predicted octanol–water partition coefficient (Wildman–Crippen LogP) is 5.63. The Morgan fingerprint density at radius 2 is 1.46 bits per heavy atom. The number of nitrogens with zero attached hydrogens (tertiary/aromatic N) is 4. The first-order valence-corrected chi connectivity index (χ1v) is 9.74. The first-order chi connectivity index (χ1) is 11.7. The maximum atomic E-state index is 4.72. The minimum absolute atomic E-state index is 0.00946. The van der Waals surface area contributed by atoms with E-state index in [-0.39, 0.29) is 21.9 Å². The highest BCUT2D eigenvalue weighted by Gasteiger charge is 2.33. The molecule has 0 aromatic carbocycles. The lowest BCUT2D eigenvalue weighted by Crippen LogP contribution is -2.35. The van der Waals surface area contributed by atoms with Crippen molar-refractivity contribution in [3.05, 3.63) is 36.4 Å². The molecule has 0 spiro atoms. The summed E-state index contributed by atoms with van der Waals surface area (Å²) in [7, 11) is 0. The quantitative estimate of drug-likeness (QED) is 0.695. The fourth-order valence-corrected chi connectivity index (χ4v) is 3.53. The average Bonchev–Trinajstić information content (AvgIpc) is 3.13. The third-order valence-corrected chi connectivity index (χ3v) is 5.39. The van der Waals surface area contributed by atoms with Gasteiger partial charge in [0, 0.05) is 46.2 Å². The van der Waals surface area contributed by atoms with Crippen molar-refractivity contribution in [2.75, 3.05) is 0 Å². The van der Waals surface area contributed by atoms with Crippen LogP contribution in [0.5, 0.6) is 0 Å². The molecule has 0 bridgehead atoms. The van der Waals surface area contributed by atoms with Gasteiger partial charge in [-0.3, -0.25) is 0 Å². The van der Waals surface area contributed by atoms with Gasteiger partial charge in [-0.25, -0.2) is 9.97 Å². The Kier molecular flexibility index (Phi) is 5.22. The van der Waals surface area contributed by atoms with Gasteiger partial charge in [0.05, 0.1) is 6.33 Å². The Bertz CT molecular complexity index is 669. The van der Waals surface area contributed by atoms with Gasteiger partial charge in [-0.1, -0.05) is 34.6 Å². The number of imidazole rings is 2. The molecule has 0 saturated carbocycles. The Hall–Kier alpha value is -1.58. The van der Waals surface area contributed by atoms with Crippen LogP contribution in [0, 0.1) is 0 Å². The van der Waals surface area contributed by atoms with Crippen LogP contribution < -0.4 is 0 Å². The molecule has 4 heteroatoms. The molecule has 0 amide bonds. The van der Waals surface area contributed by atoms with Crippen molar-refractivity contribution in [1.82, 2.24) is 19.1 Å². The van der Waals surface area contributed by atoms with E-state index in [1.54, 1.807) is 0 Å². The van der Waals surface area contributed by atoms with Crippen LogP contribution in [-0.2, 0) is 21.9 Å². The second-order valence-corrected chi connectivity index (χ2v) is 10.9. The van der Waals surface area contributed by atoms with E-state index in [1.165, 1.54) is 11.5 Å². The highest BCUT2D eigenvalue weighted by Crippen LogP contribution is 2.36. The maximum absolute atomic E-state index is 4.72. The van der Waals surface area contributed by atoms with Gasteiger partial charge in [-0.15, -0.1) is 0 Å². The average molecular weight is 359 g/mol. The third kappa shape index (κ3) is 4.21. The standard InChI is InChI=1S/C22H38N4/c1-19(2,3)17-15-23-16-26(17)22(9,10)12-11-21(7,8)18-24-13-14-25(18)20(4,5)6/h13-16H,11-12H2,1-10H3. The van der Waals surface area contributed by atoms with Gasteiger partial charge in [0.25, 0.3) is 0 Å². The Labute approximate surface area is 160 Å². The van der Waals surface area contributed by atoms with Gasteiger partial charge >= 0.3 is 0 Å². The normalized spacial score (nSPS) is 14.1. The Morgan fingerprint density at radius 1 is 0.846 bits per heavy atom. The summed E-state index contributed by atoms with van der Waals surface area (Å²) in [6.45, 7) is 22.7. The molecule has 2 rings (SSSR count). The van der Waals surface area contributed by atoms with Gasteiger partial charge in [0.1, 0.15) is 5.82 Å². The van der Waals surface area contributed by atoms with Crippen LogP contribution >= 0.6 is 0 Å². The van der Waals surface area contributed by atoms with Crippen molar-refractivity contribution in [2.45, 2.75) is 104 Å². The molecule has 26 heavy (non-hydrogen) atoms. The van der Waals surface area contributed by atoms with Gasteiger partial charge in [0.2, 0.25) is 0 Å². The van der Waals surface area contributed by atoms with Crippen LogP contribution in [0.3, 0.4) is 0 Å². The SMILES string of the molecule is CC(C)(C)c1cncn1C(C)(C)CCC(C)(C)c1nccn1C(C)(C)C. The second-order valence-electron chi connectivity index (χ2n) is 10.9. The van der Waals surface area contributed by atoms with Crippen molar-refractivity contribution in [3.63, 3.8) is 0 Å². The van der Waals surface area contributed by atoms with Crippen molar-refractivity contribution in [1.29, 1.82) is 0 Å². The molecule has 0 fully saturated rings. The fourth-order valence-electron chi connectivity index (χ4n) is 3.53. The predicted molar refractivity (Wildman–Crippen MR) is 110 cm³/mol. The summed E-state index contributed by atoms with van der Waals surface area (Å²) >= 11 is 0. The van der Waals surface area contributed by atoms with E-state index in [0.29, 0.717) is 0 Å². The zero-order valence-electron chi connectivity index (χ0n) is 18.5. The highest BCUT2D eigenvalue weighted by molar-refractivity contribution is 5.14. The summed E-state index contributed by atoms with van der Waals surface area (Å²) < 4.78 is 4.68. The van der Waals surface area contributed by atoms with Crippen LogP contribution in [0.1, 0.15) is 93.6 Å². The van der Waals surface area contributed by atoms with Crippen LogP contribution in [0.25, 0.3) is 0 Å². The molecule has 0 unspecified atom stereocenters. The van der Waals surface area contributed by atoms with Crippen molar-refractivity contribution in [2.24, 2.45) is 0 Å². The topological polar surface area (TPSA) is 35.6 Å². The highest BCUT2D eigenvalue weighted by atomic mass is 15.1. The molecule has 146 valence electrons. The summed E-state index contributed by atoms with van der Waals surface area (Å²) in [5, 5.41) is 0. The summed E-state index contributed by atoms with van der Waals surface area (Å²) in [5.74, 6) is 1.17. The van der Waals surface area contributed by atoms with E-state index < -0.39 is 0 Å². The molecule has 0 aliphatic carbocycles. The van der Waals surface area contributed by atoms with Gasteiger partial charge in [0.15, 0.2) is 0 Å². The molecule has 4 nitrogen and oxygen atoms in total. The second kappa shape index (κ2) is 6.54. The van der Waals surface area contributed by atoms with E-state index in [9.17, 15) is 0 Å². The minimum atomic E-state index is 0.00946. The van der Waals surface area contributed by atoms with Crippen molar-refractivity contribution >= 4 is 0 Å². The lowest BCUT2D eigenvalue weighted by atomic mass is 9.81. The lowest BCUT2D eigenvalue weighted by molar-refractivity contribution is 0.255. The first kappa shape index (κ1) is 20.7. The molecule has 0 aliphatic rings. The lowest BCUT2D eigenvalue weighted by Gasteiger charge is -2.36. The molecule has 0 aliphatic heterocycles. The monoisotopic (exact) mass is 358 g/mol. The molecule has 0 atom stereocenters. The van der Waals surface area contributed by atoms with E-state index in [2.05, 4.69) is 89.6 Å². The molecule has 0 N–H and O–H groups in total. The number of aromatic nitrogens is 4. The van der Waals surface area contributed by atoms with Crippen LogP contribution in [0.15, 0.2) is 24.9 Å². The molecule has 0 saturated heterocycles. The minimum Gasteiger partial charge on any atom is -0.329 e. The largest absolute Gasteiger partial charge is 0.329 e. The van der Waals surface area contributed by atoms with Crippen molar-refractivity contribution in [3.8, 4) is 0 Å². The fraction of sp³-hybridized carbons (Fsp3) is 0.727. The van der Waals surface area contributed by atoms with Gasteiger partial charge < -0.3 is 9.13 Å². The summed E-state index contributed by atoms with van der Waals surface area (Å²) in [4.78, 5) is 9.16. The number of rotatable bonds is 5. The van der Waals surface area contributed by atoms with Crippen LogP contribution in [-0.4, -0.2) is 19.1 Å². The molecular formula is C22H38N4. The summed E-state index contributed by atoms with van der Waals surface area (Å²) in [6, 6.07) is 0. The molecule has 2 heterocycles. The van der Waals surface area contributed by atoms with Crippen LogP contribution in [0.4, 0.5) is 0 Å². The number of hydrogen-bond donors (Lipinski definition) is 0. The van der Waals surface area contributed by atoms with E-state index in [4.69, 9.17) is 4.98 Å². The molecular weight excluding hydrogens is 320 g/mol. The zero-order chi connectivity index (χ0) is 20.0. The van der Waals surface area contributed by atoms with E-state index >= 15 is 0 Å². The smallest absolute Gasteiger partial charge is 0.114 e. The Balaban J connectivity index is 2.25. The maximum Gasteiger partial charge on any atom is 0.114 e. The van der Waals surface area contributed by atoms with Crippen LogP contribution in [0.2, 0.25) is 0 Å². The zero-order valence-corrected chi connectivity index (χ0v) is 18.5. The van der Waals surface area contributed by atoms with Gasteiger partial charge in [-0.2, -0.15) is 0 Å². The summed E-state index contributed by atoms with van der Waals surface area (Å²) in [6.07, 6.45) is 10.2. The molecule has 0 radical (unpaired) electrons. The first-order valence-electron chi connectivity index (χ1n) is 9.74. The number of hydrogen-bond acceptors (Lipinski definition) is 2. The Morgan fingerprint density at radius 3 is 2.00 bits per heavy atom.